The van der Waals surface area contributed by atoms with Crippen molar-refractivity contribution in [1.82, 2.24) is 10.7 Å². The highest BCUT2D eigenvalue weighted by Gasteiger charge is 2.14. The maximum Gasteiger partial charge on any atom is 0.343 e. The molecule has 0 atom stereocenters. The zero-order valence-electron chi connectivity index (χ0n) is 19.3. The normalized spacial score (nSPS) is 11.2. The number of amides is 2. The van der Waals surface area contributed by atoms with E-state index >= 15 is 0 Å². The van der Waals surface area contributed by atoms with Crippen LogP contribution in [-0.4, -0.2) is 24.0 Å². The van der Waals surface area contributed by atoms with Crippen molar-refractivity contribution >= 4 is 57.3 Å². The highest BCUT2D eigenvalue weighted by atomic mass is 79.9. The number of halogens is 1. The van der Waals surface area contributed by atoms with Gasteiger partial charge in [-0.05, 0) is 83.7 Å². The molecule has 0 bridgehead atoms. The minimum absolute atomic E-state index is 0.0589. The van der Waals surface area contributed by atoms with Crippen LogP contribution in [0.3, 0.4) is 0 Å². The van der Waals surface area contributed by atoms with Crippen molar-refractivity contribution in [3.05, 3.63) is 128 Å². The molecule has 0 aliphatic heterocycles. The highest BCUT2D eigenvalue weighted by molar-refractivity contribution is 9.10. The van der Waals surface area contributed by atoms with Gasteiger partial charge in [0.25, 0.3) is 11.8 Å². The monoisotopic (exact) mass is 573 g/mol. The van der Waals surface area contributed by atoms with Gasteiger partial charge in [0.15, 0.2) is 0 Å². The first kappa shape index (κ1) is 25.7. The van der Waals surface area contributed by atoms with Gasteiger partial charge in [-0.1, -0.05) is 40.2 Å². The third kappa shape index (κ3) is 7.57. The van der Waals surface area contributed by atoms with Gasteiger partial charge in [0.1, 0.15) is 11.4 Å². The number of hydrogen-bond donors (Lipinski definition) is 2. The van der Waals surface area contributed by atoms with Crippen LogP contribution < -0.4 is 15.5 Å². The van der Waals surface area contributed by atoms with E-state index in [1.165, 1.54) is 17.6 Å². The Balaban J connectivity index is 1.38. The van der Waals surface area contributed by atoms with E-state index in [2.05, 4.69) is 31.8 Å². The Morgan fingerprint density at radius 2 is 1.57 bits per heavy atom. The number of benzene rings is 3. The Kier molecular flexibility index (Phi) is 8.75. The van der Waals surface area contributed by atoms with Gasteiger partial charge in [-0.3, -0.25) is 9.59 Å². The zero-order chi connectivity index (χ0) is 26.0. The molecule has 4 rings (SSSR count). The molecule has 0 saturated carbocycles. The first-order valence-corrected chi connectivity index (χ1v) is 12.7. The van der Waals surface area contributed by atoms with Crippen LogP contribution in [0.15, 0.2) is 112 Å². The van der Waals surface area contributed by atoms with Gasteiger partial charge in [0.05, 0.1) is 11.8 Å². The maximum absolute atomic E-state index is 12.8. The third-order valence-corrected chi connectivity index (χ3v) is 6.26. The van der Waals surface area contributed by atoms with Crippen LogP contribution in [0.2, 0.25) is 0 Å². The molecule has 7 nitrogen and oxygen atoms in total. The number of thiophene rings is 1. The molecule has 0 unspecified atom stereocenters. The molecule has 2 N–H and O–H groups in total. The quantitative estimate of drug-likeness (QED) is 0.0935. The predicted octanol–water partition coefficient (Wildman–Crippen LogP) is 5.65. The Bertz CT molecular complexity index is 1430. The van der Waals surface area contributed by atoms with E-state index in [4.69, 9.17) is 4.74 Å². The summed E-state index contributed by atoms with van der Waals surface area (Å²) in [6, 6.07) is 25.8. The van der Waals surface area contributed by atoms with Crippen LogP contribution in [0.4, 0.5) is 0 Å². The topological polar surface area (TPSA) is 96.9 Å². The molecule has 1 aromatic heterocycles. The highest BCUT2D eigenvalue weighted by Crippen LogP contribution is 2.16. The predicted molar refractivity (Wildman–Crippen MR) is 147 cm³/mol. The molecule has 4 aromatic rings. The molecule has 9 heteroatoms. The Labute approximate surface area is 225 Å². The molecule has 0 fully saturated rings. The summed E-state index contributed by atoms with van der Waals surface area (Å²) >= 11 is 4.76. The number of rotatable bonds is 8. The van der Waals surface area contributed by atoms with Gasteiger partial charge in [-0.15, -0.1) is 11.3 Å². The van der Waals surface area contributed by atoms with Crippen LogP contribution >= 0.6 is 27.3 Å². The molecular weight excluding hydrogens is 554 g/mol. The minimum Gasteiger partial charge on any atom is -0.423 e. The van der Waals surface area contributed by atoms with Crippen LogP contribution in [0.5, 0.6) is 5.75 Å². The van der Waals surface area contributed by atoms with Crippen molar-refractivity contribution in [2.75, 3.05) is 0 Å². The zero-order valence-corrected chi connectivity index (χ0v) is 21.7. The Morgan fingerprint density at radius 3 is 2.24 bits per heavy atom. The number of nitrogens with zero attached hydrogens (tertiary/aromatic N) is 1. The lowest BCUT2D eigenvalue weighted by molar-refractivity contribution is -0.117. The summed E-state index contributed by atoms with van der Waals surface area (Å²) < 4.78 is 6.25. The molecule has 0 aliphatic rings. The maximum atomic E-state index is 12.8. The fourth-order valence-electron chi connectivity index (χ4n) is 3.06. The smallest absolute Gasteiger partial charge is 0.343 e. The number of ether oxygens (including phenoxy) is 1. The molecule has 184 valence electrons. The van der Waals surface area contributed by atoms with E-state index in [0.717, 1.165) is 9.35 Å². The van der Waals surface area contributed by atoms with Crippen LogP contribution in [0.25, 0.3) is 6.08 Å². The van der Waals surface area contributed by atoms with Gasteiger partial charge < -0.3 is 10.1 Å². The summed E-state index contributed by atoms with van der Waals surface area (Å²) in [5.74, 6) is -1.08. The lowest BCUT2D eigenvalue weighted by Gasteiger charge is -2.08. The Hall–Kier alpha value is -4.34. The second-order valence-electron chi connectivity index (χ2n) is 7.56. The second kappa shape index (κ2) is 12.6. The van der Waals surface area contributed by atoms with E-state index in [-0.39, 0.29) is 5.70 Å². The second-order valence-corrected chi connectivity index (χ2v) is 9.45. The third-order valence-electron chi connectivity index (χ3n) is 4.91. The van der Waals surface area contributed by atoms with E-state index in [9.17, 15) is 14.4 Å². The summed E-state index contributed by atoms with van der Waals surface area (Å²) in [6.07, 6.45) is 3.03. The molecule has 0 aliphatic carbocycles. The lowest BCUT2D eigenvalue weighted by Crippen LogP contribution is -2.32. The first-order valence-electron chi connectivity index (χ1n) is 11.0. The average Bonchev–Trinajstić information content (AvgIpc) is 3.43. The van der Waals surface area contributed by atoms with Crippen molar-refractivity contribution in [2.24, 2.45) is 5.10 Å². The molecule has 2 amide bonds. The van der Waals surface area contributed by atoms with E-state index < -0.39 is 17.8 Å². The van der Waals surface area contributed by atoms with Crippen LogP contribution in [0.1, 0.15) is 31.2 Å². The van der Waals surface area contributed by atoms with Crippen molar-refractivity contribution in [3.63, 3.8) is 0 Å². The number of carbonyl (C=O) groups is 3. The molecule has 3 aromatic carbocycles. The van der Waals surface area contributed by atoms with Crippen LogP contribution in [-0.2, 0) is 4.79 Å². The summed E-state index contributed by atoms with van der Waals surface area (Å²) in [5.41, 5.74) is 4.02. The average molecular weight is 574 g/mol. The molecule has 1 heterocycles. The van der Waals surface area contributed by atoms with Gasteiger partial charge >= 0.3 is 5.97 Å². The largest absolute Gasteiger partial charge is 0.423 e. The fourth-order valence-corrected chi connectivity index (χ4v) is 3.98. The Morgan fingerprint density at radius 1 is 0.838 bits per heavy atom. The lowest BCUT2D eigenvalue weighted by atomic mass is 10.2. The SMILES string of the molecule is O=C(NN=Cc1ccc(OC(=O)c2ccc(Br)cc2)cc1)C(=Cc1cccs1)NC(=O)c1ccccc1. The molecular formula is C28H20BrN3O4S. The van der Waals surface area contributed by atoms with Gasteiger partial charge in [0.2, 0.25) is 0 Å². The van der Waals surface area contributed by atoms with Gasteiger partial charge in [-0.2, -0.15) is 5.10 Å². The first-order chi connectivity index (χ1) is 18.0. The molecule has 37 heavy (non-hydrogen) atoms. The number of hydrazone groups is 1. The van der Waals surface area contributed by atoms with Crippen LogP contribution in [0, 0.1) is 0 Å². The van der Waals surface area contributed by atoms with E-state index in [1.54, 1.807) is 84.9 Å². The summed E-state index contributed by atoms with van der Waals surface area (Å²) in [6.45, 7) is 0. The van der Waals surface area contributed by atoms with E-state index in [1.807, 2.05) is 17.5 Å². The summed E-state index contributed by atoms with van der Waals surface area (Å²) in [5, 5.41) is 8.52. The van der Waals surface area contributed by atoms with Crippen molar-refractivity contribution in [1.29, 1.82) is 0 Å². The number of esters is 1. The van der Waals surface area contributed by atoms with E-state index in [0.29, 0.717) is 22.4 Å². The standard InChI is InChI=1S/C28H20BrN3O4S/c29-22-12-10-21(11-13-22)28(35)36-23-14-8-19(9-15-23)18-30-32-27(34)25(17-24-7-4-16-37-24)31-26(33)20-5-2-1-3-6-20/h1-18H,(H,31,33)(H,32,34). The number of nitrogens with one attached hydrogen (secondary N) is 2. The van der Waals surface area contributed by atoms with Crippen molar-refractivity contribution in [2.45, 2.75) is 0 Å². The molecule has 0 radical (unpaired) electrons. The summed E-state index contributed by atoms with van der Waals surface area (Å²) in [4.78, 5) is 38.4. The number of carbonyl (C=O) groups excluding carboxylic acids is 3. The molecule has 0 spiro atoms. The molecule has 0 saturated heterocycles. The fraction of sp³-hybridized carbons (Fsp3) is 0. The van der Waals surface area contributed by atoms with Gasteiger partial charge in [0, 0.05) is 14.9 Å². The van der Waals surface area contributed by atoms with Crippen molar-refractivity contribution in [3.8, 4) is 5.75 Å². The summed E-state index contributed by atoms with van der Waals surface area (Å²) in [7, 11) is 0. The minimum atomic E-state index is -0.575. The van der Waals surface area contributed by atoms with Gasteiger partial charge in [-0.25, -0.2) is 10.2 Å². The number of hydrogen-bond acceptors (Lipinski definition) is 6. The van der Waals surface area contributed by atoms with Crippen molar-refractivity contribution < 1.29 is 19.1 Å².